The first-order valence-electron chi connectivity index (χ1n) is 7.98. The molecule has 0 aromatic heterocycles. The maximum atomic E-state index is 9.60. The largest absolute Gasteiger partial charge is 0.478 e. The van der Waals surface area contributed by atoms with Gasteiger partial charge in [0, 0.05) is 11.1 Å². The highest BCUT2D eigenvalue weighted by atomic mass is 16.6. The number of carbonyl (C=O) groups is 2. The first-order valence-corrected chi connectivity index (χ1v) is 7.98. The van der Waals surface area contributed by atoms with Crippen LogP contribution in [0, 0.1) is 0 Å². The van der Waals surface area contributed by atoms with Crippen molar-refractivity contribution in [2.75, 3.05) is 39.6 Å². The van der Waals surface area contributed by atoms with Gasteiger partial charge < -0.3 is 34.3 Å². The summed E-state index contributed by atoms with van der Waals surface area (Å²) in [6.07, 6.45) is 0.259. The molecule has 9 heteroatoms. The van der Waals surface area contributed by atoms with Gasteiger partial charge in [-0.15, -0.1) is 0 Å². The molecule has 2 aliphatic rings. The second-order valence-corrected chi connectivity index (χ2v) is 5.76. The Morgan fingerprint density at radius 3 is 1.73 bits per heavy atom. The van der Waals surface area contributed by atoms with E-state index in [0.29, 0.717) is 19.8 Å². The molecular weight excluding hydrogens is 348 g/mol. The highest BCUT2D eigenvalue weighted by molar-refractivity contribution is 5.85. The third-order valence-corrected chi connectivity index (χ3v) is 2.86. The lowest BCUT2D eigenvalue weighted by atomic mass is 10.4. The fraction of sp³-hybridized carbons (Fsp3) is 0.647. The number of aliphatic hydroxyl groups is 1. The summed E-state index contributed by atoms with van der Waals surface area (Å²) in [5.74, 6) is -1.87. The molecular formula is C17H28O9. The van der Waals surface area contributed by atoms with E-state index >= 15 is 0 Å². The summed E-state index contributed by atoms with van der Waals surface area (Å²) in [6.45, 7) is 12.3. The molecule has 3 N–H and O–H groups in total. The summed E-state index contributed by atoms with van der Waals surface area (Å²) in [4.78, 5) is 19.2. The number of hydrogen-bond donors (Lipinski definition) is 3. The lowest BCUT2D eigenvalue weighted by Crippen LogP contribution is -2.26. The molecule has 0 spiro atoms. The standard InChI is InChI=1S/C9H16O5.2C4H6O2/c10-1-7(12-5-9-6-14-9)2-11-3-8-4-13-8;2*1-3(2)4(5)6/h7-10H,1-6H2;2*1H2,2H3,(H,5,6). The van der Waals surface area contributed by atoms with Crippen molar-refractivity contribution >= 4 is 11.9 Å². The highest BCUT2D eigenvalue weighted by Gasteiger charge is 2.25. The number of hydrogen-bond acceptors (Lipinski definition) is 7. The van der Waals surface area contributed by atoms with Gasteiger partial charge in [0.15, 0.2) is 0 Å². The Morgan fingerprint density at radius 2 is 1.42 bits per heavy atom. The lowest BCUT2D eigenvalue weighted by molar-refractivity contribution is -0.133. The first-order chi connectivity index (χ1) is 12.2. The van der Waals surface area contributed by atoms with Crippen LogP contribution in [0.5, 0.6) is 0 Å². The molecule has 0 aromatic rings. The van der Waals surface area contributed by atoms with Crippen LogP contribution >= 0.6 is 0 Å². The molecule has 0 saturated carbocycles. The van der Waals surface area contributed by atoms with Crippen LogP contribution in [0.15, 0.2) is 24.3 Å². The number of carboxylic acids is 2. The summed E-state index contributed by atoms with van der Waals surface area (Å²) < 4.78 is 20.7. The van der Waals surface area contributed by atoms with Crippen molar-refractivity contribution in [3.8, 4) is 0 Å². The van der Waals surface area contributed by atoms with Gasteiger partial charge in [-0.3, -0.25) is 0 Å². The Kier molecular flexibility index (Phi) is 12.5. The fourth-order valence-corrected chi connectivity index (χ4v) is 1.06. The minimum Gasteiger partial charge on any atom is -0.478 e. The number of epoxide rings is 2. The van der Waals surface area contributed by atoms with Crippen LogP contribution < -0.4 is 0 Å². The van der Waals surface area contributed by atoms with Crippen molar-refractivity contribution in [1.29, 1.82) is 0 Å². The Bertz CT molecular complexity index is 419. The topological polar surface area (TPSA) is 138 Å². The van der Waals surface area contributed by atoms with Gasteiger partial charge in [-0.25, -0.2) is 9.59 Å². The molecule has 0 bridgehead atoms. The molecule has 2 fully saturated rings. The Morgan fingerprint density at radius 1 is 1.04 bits per heavy atom. The van der Waals surface area contributed by atoms with Gasteiger partial charge in [-0.05, 0) is 13.8 Å². The van der Waals surface area contributed by atoms with Crippen LogP contribution in [0.3, 0.4) is 0 Å². The van der Waals surface area contributed by atoms with Crippen LogP contribution in [0.25, 0.3) is 0 Å². The SMILES string of the molecule is C=C(C)C(=O)O.C=C(C)C(=O)O.OCC(COCC1CO1)OCC1CO1. The van der Waals surface area contributed by atoms with E-state index in [9.17, 15) is 9.59 Å². The molecule has 2 saturated heterocycles. The molecule has 0 radical (unpaired) electrons. The van der Waals surface area contributed by atoms with E-state index in [0.717, 1.165) is 13.2 Å². The van der Waals surface area contributed by atoms with E-state index in [4.69, 9.17) is 34.3 Å². The molecule has 9 nitrogen and oxygen atoms in total. The summed E-state index contributed by atoms with van der Waals surface area (Å²) in [7, 11) is 0. The molecule has 2 heterocycles. The van der Waals surface area contributed by atoms with Crippen molar-refractivity contribution in [2.45, 2.75) is 32.2 Å². The van der Waals surface area contributed by atoms with Crippen LogP contribution in [-0.2, 0) is 28.5 Å². The van der Waals surface area contributed by atoms with E-state index in [1.54, 1.807) is 0 Å². The smallest absolute Gasteiger partial charge is 0.330 e. The number of aliphatic carboxylic acids is 2. The van der Waals surface area contributed by atoms with E-state index in [1.807, 2.05) is 0 Å². The van der Waals surface area contributed by atoms with Gasteiger partial charge in [0.2, 0.25) is 0 Å². The molecule has 3 unspecified atom stereocenters. The molecule has 3 atom stereocenters. The number of rotatable bonds is 10. The molecule has 150 valence electrons. The summed E-state index contributed by atoms with van der Waals surface area (Å²) in [5.41, 5.74) is 0.352. The Balaban J connectivity index is 0.000000437. The molecule has 2 rings (SSSR count). The van der Waals surface area contributed by atoms with E-state index in [1.165, 1.54) is 13.8 Å². The summed E-state index contributed by atoms with van der Waals surface area (Å²) in [6, 6.07) is 0. The minimum atomic E-state index is -0.935. The second kappa shape index (κ2) is 13.4. The van der Waals surface area contributed by atoms with Crippen molar-refractivity contribution in [1.82, 2.24) is 0 Å². The predicted octanol–water partition coefficient (Wildman–Crippen LogP) is 0.472. The van der Waals surface area contributed by atoms with Gasteiger partial charge in [0.25, 0.3) is 0 Å². The van der Waals surface area contributed by atoms with Gasteiger partial charge >= 0.3 is 11.9 Å². The van der Waals surface area contributed by atoms with Gasteiger partial charge in [-0.2, -0.15) is 0 Å². The lowest BCUT2D eigenvalue weighted by Gasteiger charge is -2.14. The van der Waals surface area contributed by atoms with Gasteiger partial charge in [-0.1, -0.05) is 13.2 Å². The highest BCUT2D eigenvalue weighted by Crippen LogP contribution is 2.11. The fourth-order valence-electron chi connectivity index (χ4n) is 1.06. The monoisotopic (exact) mass is 376 g/mol. The third-order valence-electron chi connectivity index (χ3n) is 2.86. The quantitative estimate of drug-likeness (QED) is 0.367. The van der Waals surface area contributed by atoms with E-state index in [2.05, 4.69) is 13.2 Å². The van der Waals surface area contributed by atoms with Crippen LogP contribution in [-0.4, -0.2) is 85.2 Å². The van der Waals surface area contributed by atoms with Crippen molar-refractivity contribution < 1.29 is 43.9 Å². The van der Waals surface area contributed by atoms with Gasteiger partial charge in [0.05, 0.1) is 39.6 Å². The zero-order valence-corrected chi connectivity index (χ0v) is 15.2. The number of aliphatic hydroxyl groups excluding tert-OH is 1. The maximum Gasteiger partial charge on any atom is 0.330 e. The zero-order chi connectivity index (χ0) is 20.1. The molecule has 2 aliphatic heterocycles. The molecule has 0 aromatic carbocycles. The second-order valence-electron chi connectivity index (χ2n) is 5.76. The van der Waals surface area contributed by atoms with Crippen LogP contribution in [0.2, 0.25) is 0 Å². The summed E-state index contributed by atoms with van der Waals surface area (Å²) >= 11 is 0. The Labute approximate surface area is 152 Å². The first kappa shape index (κ1) is 24.2. The molecule has 26 heavy (non-hydrogen) atoms. The van der Waals surface area contributed by atoms with E-state index in [-0.39, 0.29) is 36.1 Å². The average molecular weight is 376 g/mol. The van der Waals surface area contributed by atoms with Gasteiger partial charge in [0.1, 0.15) is 18.3 Å². The van der Waals surface area contributed by atoms with Crippen molar-refractivity contribution in [3.63, 3.8) is 0 Å². The normalized spacial score (nSPS) is 20.4. The number of ether oxygens (including phenoxy) is 4. The Hall–Kier alpha value is -1.78. The van der Waals surface area contributed by atoms with Crippen LogP contribution in [0.1, 0.15) is 13.8 Å². The number of carboxylic acid groups (broad SMARTS) is 2. The zero-order valence-electron chi connectivity index (χ0n) is 15.2. The average Bonchev–Trinajstić information content (AvgIpc) is 3.46. The predicted molar refractivity (Wildman–Crippen MR) is 92.0 cm³/mol. The van der Waals surface area contributed by atoms with Crippen molar-refractivity contribution in [3.05, 3.63) is 24.3 Å². The van der Waals surface area contributed by atoms with Crippen LogP contribution in [0.4, 0.5) is 0 Å². The molecule has 0 aliphatic carbocycles. The van der Waals surface area contributed by atoms with E-state index < -0.39 is 11.9 Å². The van der Waals surface area contributed by atoms with Crippen molar-refractivity contribution in [2.24, 2.45) is 0 Å². The third kappa shape index (κ3) is 15.7. The minimum absolute atomic E-state index is 0.0156. The summed E-state index contributed by atoms with van der Waals surface area (Å²) in [5, 5.41) is 24.7. The molecule has 0 amide bonds. The maximum absolute atomic E-state index is 9.60.